The summed E-state index contributed by atoms with van der Waals surface area (Å²) in [5, 5.41) is 11.3. The molecular weight excluding hydrogens is 208 g/mol. The van der Waals surface area contributed by atoms with Crippen molar-refractivity contribution >= 4 is 12.0 Å². The van der Waals surface area contributed by atoms with Gasteiger partial charge in [0.25, 0.3) is 0 Å². The fourth-order valence-corrected chi connectivity index (χ4v) is 1.83. The highest BCUT2D eigenvalue weighted by atomic mass is 16.4. The zero-order valence-electron chi connectivity index (χ0n) is 9.90. The molecule has 2 N–H and O–H groups in total. The maximum atomic E-state index is 11.7. The molecular formula is C11H20N2O3. The van der Waals surface area contributed by atoms with Gasteiger partial charge in [0, 0.05) is 19.1 Å². The lowest BCUT2D eigenvalue weighted by atomic mass is 10.00. The van der Waals surface area contributed by atoms with Gasteiger partial charge in [-0.15, -0.1) is 0 Å². The van der Waals surface area contributed by atoms with Crippen molar-refractivity contribution in [3.8, 4) is 0 Å². The molecule has 5 nitrogen and oxygen atoms in total. The Hall–Kier alpha value is -1.26. The summed E-state index contributed by atoms with van der Waals surface area (Å²) < 4.78 is 0. The van der Waals surface area contributed by atoms with Crippen LogP contribution in [0.25, 0.3) is 0 Å². The second kappa shape index (κ2) is 5.72. The van der Waals surface area contributed by atoms with E-state index >= 15 is 0 Å². The Bertz CT molecular complexity index is 260. The van der Waals surface area contributed by atoms with Gasteiger partial charge in [0.15, 0.2) is 0 Å². The van der Waals surface area contributed by atoms with Crippen LogP contribution in [0.1, 0.15) is 33.1 Å². The number of hydrogen-bond acceptors (Lipinski definition) is 2. The normalized spacial score (nSPS) is 19.2. The molecule has 0 aromatic heterocycles. The van der Waals surface area contributed by atoms with Crippen LogP contribution in [0.5, 0.6) is 0 Å². The Morgan fingerprint density at radius 3 is 2.50 bits per heavy atom. The fraction of sp³-hybridized carbons (Fsp3) is 0.818. The van der Waals surface area contributed by atoms with E-state index in [-0.39, 0.29) is 18.5 Å². The number of amides is 2. The number of carbonyl (C=O) groups is 2. The number of nitrogens with one attached hydrogen (secondary N) is 1. The Balaban J connectivity index is 2.32. The van der Waals surface area contributed by atoms with Crippen molar-refractivity contribution in [1.82, 2.24) is 10.2 Å². The third-order valence-electron chi connectivity index (χ3n) is 2.92. The van der Waals surface area contributed by atoms with Gasteiger partial charge >= 0.3 is 12.0 Å². The van der Waals surface area contributed by atoms with Crippen LogP contribution in [0.2, 0.25) is 0 Å². The van der Waals surface area contributed by atoms with E-state index in [1.54, 1.807) is 11.8 Å². The predicted molar refractivity (Wildman–Crippen MR) is 60.2 cm³/mol. The number of piperidine rings is 1. The molecule has 1 atom stereocenters. The summed E-state index contributed by atoms with van der Waals surface area (Å²) in [5.74, 6) is -0.208. The number of likely N-dealkylation sites (tertiary alicyclic amines) is 1. The molecule has 1 fully saturated rings. The maximum Gasteiger partial charge on any atom is 0.317 e. The van der Waals surface area contributed by atoms with Crippen LogP contribution in [0.3, 0.4) is 0 Å². The number of nitrogens with zero attached hydrogens (tertiary/aromatic N) is 1. The van der Waals surface area contributed by atoms with Crippen LogP contribution in [-0.4, -0.2) is 41.1 Å². The van der Waals surface area contributed by atoms with Crippen LogP contribution in [0.4, 0.5) is 4.79 Å². The van der Waals surface area contributed by atoms with E-state index in [0.29, 0.717) is 5.92 Å². The molecule has 1 rings (SSSR count). The zero-order chi connectivity index (χ0) is 12.1. The summed E-state index contributed by atoms with van der Waals surface area (Å²) in [6.45, 7) is 5.43. The van der Waals surface area contributed by atoms with E-state index in [1.165, 1.54) is 0 Å². The number of rotatable bonds is 3. The molecule has 2 amide bonds. The van der Waals surface area contributed by atoms with E-state index in [2.05, 4.69) is 12.2 Å². The van der Waals surface area contributed by atoms with Crippen LogP contribution >= 0.6 is 0 Å². The number of hydrogen-bond donors (Lipinski definition) is 2. The molecule has 0 aliphatic carbocycles. The molecule has 1 heterocycles. The molecule has 0 aromatic rings. The summed E-state index contributed by atoms with van der Waals surface area (Å²) in [7, 11) is 0. The maximum absolute atomic E-state index is 11.7. The molecule has 1 unspecified atom stereocenters. The van der Waals surface area contributed by atoms with E-state index in [1.807, 2.05) is 0 Å². The first kappa shape index (κ1) is 12.8. The van der Waals surface area contributed by atoms with E-state index in [4.69, 9.17) is 5.11 Å². The van der Waals surface area contributed by atoms with Gasteiger partial charge in [0.2, 0.25) is 0 Å². The number of aliphatic carboxylic acids is 1. The summed E-state index contributed by atoms with van der Waals surface area (Å²) >= 11 is 0. The van der Waals surface area contributed by atoms with Crippen molar-refractivity contribution in [2.75, 3.05) is 13.1 Å². The lowest BCUT2D eigenvalue weighted by Crippen LogP contribution is -2.47. The second-order valence-electron chi connectivity index (χ2n) is 4.62. The third-order valence-corrected chi connectivity index (χ3v) is 2.92. The van der Waals surface area contributed by atoms with Crippen LogP contribution in [-0.2, 0) is 4.79 Å². The topological polar surface area (TPSA) is 69.6 Å². The highest BCUT2D eigenvalue weighted by Gasteiger charge is 2.21. The first-order valence-corrected chi connectivity index (χ1v) is 5.76. The minimum atomic E-state index is -0.889. The fourth-order valence-electron chi connectivity index (χ4n) is 1.83. The van der Waals surface area contributed by atoms with Crippen molar-refractivity contribution in [3.05, 3.63) is 0 Å². The minimum Gasteiger partial charge on any atom is -0.481 e. The van der Waals surface area contributed by atoms with Gasteiger partial charge < -0.3 is 15.3 Å². The molecule has 5 heteroatoms. The van der Waals surface area contributed by atoms with Crippen LogP contribution < -0.4 is 5.32 Å². The summed E-state index contributed by atoms with van der Waals surface area (Å²) in [6, 6.07) is -0.454. The standard InChI is InChI=1S/C11H20N2O3/c1-8-3-5-13(6-4-8)11(16)12-9(2)7-10(14)15/h8-9H,3-7H2,1-2H3,(H,12,16)(H,14,15). The lowest BCUT2D eigenvalue weighted by molar-refractivity contribution is -0.137. The Labute approximate surface area is 95.8 Å². The number of carbonyl (C=O) groups excluding carboxylic acids is 1. The van der Waals surface area contributed by atoms with Gasteiger partial charge in [-0.3, -0.25) is 4.79 Å². The third kappa shape index (κ3) is 4.08. The van der Waals surface area contributed by atoms with Crippen molar-refractivity contribution in [3.63, 3.8) is 0 Å². The molecule has 1 aliphatic heterocycles. The Kier molecular flexibility index (Phi) is 4.58. The zero-order valence-corrected chi connectivity index (χ0v) is 9.90. The predicted octanol–water partition coefficient (Wildman–Crippen LogP) is 1.29. The highest BCUT2D eigenvalue weighted by Crippen LogP contribution is 2.15. The molecule has 92 valence electrons. The molecule has 1 saturated heterocycles. The molecule has 1 aliphatic rings. The minimum absolute atomic E-state index is 0.0318. The Morgan fingerprint density at radius 2 is 2.00 bits per heavy atom. The molecule has 0 saturated carbocycles. The van der Waals surface area contributed by atoms with Gasteiger partial charge in [0.05, 0.1) is 6.42 Å². The number of carboxylic acid groups (broad SMARTS) is 1. The first-order chi connectivity index (χ1) is 7.49. The SMILES string of the molecule is CC1CCN(C(=O)NC(C)CC(=O)O)CC1. The lowest BCUT2D eigenvalue weighted by Gasteiger charge is -2.31. The van der Waals surface area contributed by atoms with E-state index in [9.17, 15) is 9.59 Å². The van der Waals surface area contributed by atoms with E-state index in [0.717, 1.165) is 25.9 Å². The summed E-state index contributed by atoms with van der Waals surface area (Å²) in [4.78, 5) is 23.9. The van der Waals surface area contributed by atoms with Crippen molar-refractivity contribution < 1.29 is 14.7 Å². The van der Waals surface area contributed by atoms with Crippen molar-refractivity contribution in [1.29, 1.82) is 0 Å². The van der Waals surface area contributed by atoms with Gasteiger partial charge in [-0.05, 0) is 25.7 Å². The highest BCUT2D eigenvalue weighted by molar-refractivity contribution is 5.75. The van der Waals surface area contributed by atoms with Crippen molar-refractivity contribution in [2.24, 2.45) is 5.92 Å². The smallest absolute Gasteiger partial charge is 0.317 e. The van der Waals surface area contributed by atoms with Gasteiger partial charge in [0.1, 0.15) is 0 Å². The average molecular weight is 228 g/mol. The van der Waals surface area contributed by atoms with Crippen LogP contribution in [0, 0.1) is 5.92 Å². The number of urea groups is 1. The largest absolute Gasteiger partial charge is 0.481 e. The summed E-state index contributed by atoms with van der Waals surface area (Å²) in [6.07, 6.45) is 2.03. The molecule has 0 aromatic carbocycles. The Morgan fingerprint density at radius 1 is 1.44 bits per heavy atom. The van der Waals surface area contributed by atoms with Gasteiger partial charge in [-0.2, -0.15) is 0 Å². The number of carboxylic acids is 1. The molecule has 0 spiro atoms. The average Bonchev–Trinajstić information content (AvgIpc) is 2.16. The molecule has 0 bridgehead atoms. The first-order valence-electron chi connectivity index (χ1n) is 5.76. The van der Waals surface area contributed by atoms with Gasteiger partial charge in [-0.25, -0.2) is 4.79 Å². The molecule has 16 heavy (non-hydrogen) atoms. The second-order valence-corrected chi connectivity index (χ2v) is 4.62. The van der Waals surface area contributed by atoms with Gasteiger partial charge in [-0.1, -0.05) is 6.92 Å². The van der Waals surface area contributed by atoms with Crippen molar-refractivity contribution in [2.45, 2.75) is 39.2 Å². The summed E-state index contributed by atoms with van der Waals surface area (Å²) in [5.41, 5.74) is 0. The quantitative estimate of drug-likeness (QED) is 0.764. The monoisotopic (exact) mass is 228 g/mol. The van der Waals surface area contributed by atoms with Crippen LogP contribution in [0.15, 0.2) is 0 Å². The molecule has 0 radical (unpaired) electrons. The van der Waals surface area contributed by atoms with E-state index < -0.39 is 5.97 Å².